The lowest BCUT2D eigenvalue weighted by molar-refractivity contribution is 0.412. The van der Waals surface area contributed by atoms with Crippen LogP contribution in [0.5, 0.6) is 5.75 Å². The van der Waals surface area contributed by atoms with E-state index in [9.17, 15) is 0 Å². The monoisotopic (exact) mass is 144 g/mol. The molecule has 4 heteroatoms. The molecule has 0 radical (unpaired) electrons. The summed E-state index contributed by atoms with van der Waals surface area (Å²) in [5.74, 6) is 0.548. The molecule has 0 atom stereocenters. The minimum atomic E-state index is 0.479. The maximum absolute atomic E-state index is 5.60. The zero-order valence-electron chi connectivity index (χ0n) is 4.84. The Morgan fingerprint density at radius 2 is 2.11 bits per heavy atom. The van der Waals surface area contributed by atoms with Crippen molar-refractivity contribution in [2.24, 2.45) is 0 Å². The third-order valence-electron chi connectivity index (χ3n) is 0.868. The van der Waals surface area contributed by atoms with Crippen LogP contribution in [0.3, 0.4) is 0 Å². The van der Waals surface area contributed by atoms with Crippen LogP contribution in [0.4, 0.5) is 0 Å². The van der Waals surface area contributed by atoms with Crippen LogP contribution in [-0.2, 0) is 0 Å². The first-order valence-corrected chi connectivity index (χ1v) is 2.72. The molecule has 0 saturated carbocycles. The summed E-state index contributed by atoms with van der Waals surface area (Å²) in [7, 11) is 1.53. The van der Waals surface area contributed by atoms with E-state index in [0.717, 1.165) is 0 Å². The Bertz CT molecular complexity index is 204. The van der Waals surface area contributed by atoms with Crippen molar-refractivity contribution in [3.63, 3.8) is 0 Å². The molecule has 0 amide bonds. The topological polar surface area (TPSA) is 35.0 Å². The minimum Gasteiger partial charge on any atom is -0.493 e. The molecule has 9 heavy (non-hydrogen) atoms. The van der Waals surface area contributed by atoms with Crippen LogP contribution in [0.1, 0.15) is 0 Å². The maximum atomic E-state index is 5.60. The number of rotatable bonds is 1. The lowest BCUT2D eigenvalue weighted by Gasteiger charge is -1.97. The lowest BCUT2D eigenvalue weighted by atomic mass is 10.5. The molecule has 0 aromatic carbocycles. The normalized spacial score (nSPS) is 9.11. The van der Waals surface area contributed by atoms with Crippen LogP contribution >= 0.6 is 11.6 Å². The zero-order chi connectivity index (χ0) is 6.69. The van der Waals surface area contributed by atoms with E-state index >= 15 is 0 Å². The van der Waals surface area contributed by atoms with Crippen molar-refractivity contribution >= 4 is 11.6 Å². The van der Waals surface area contributed by atoms with Crippen molar-refractivity contribution in [3.05, 3.63) is 17.4 Å². The summed E-state index contributed by atoms with van der Waals surface area (Å²) in [5, 5.41) is 7.57. The molecular formula is C5H5ClN2O. The van der Waals surface area contributed by atoms with Crippen molar-refractivity contribution in [3.8, 4) is 5.75 Å². The zero-order valence-corrected chi connectivity index (χ0v) is 5.59. The summed E-state index contributed by atoms with van der Waals surface area (Å²) in [6, 6.07) is 0. The number of nitrogens with zero attached hydrogens (tertiary/aromatic N) is 2. The first kappa shape index (κ1) is 6.29. The Kier molecular flexibility index (Phi) is 1.85. The first-order chi connectivity index (χ1) is 4.34. The number of ether oxygens (including phenoxy) is 1. The van der Waals surface area contributed by atoms with Gasteiger partial charge in [-0.05, 0) is 0 Å². The van der Waals surface area contributed by atoms with Gasteiger partial charge in [0.2, 0.25) is 0 Å². The molecule has 0 N–H and O–H groups in total. The molecule has 0 fully saturated rings. The Labute approximate surface area is 57.6 Å². The third kappa shape index (κ3) is 1.29. The number of halogens is 1. The van der Waals surface area contributed by atoms with Crippen molar-refractivity contribution in [2.45, 2.75) is 0 Å². The van der Waals surface area contributed by atoms with Gasteiger partial charge in [0.25, 0.3) is 0 Å². The van der Waals surface area contributed by atoms with Crippen LogP contribution < -0.4 is 4.74 Å². The molecule has 3 nitrogen and oxygen atoms in total. The number of aromatic nitrogens is 2. The maximum Gasteiger partial charge on any atom is 0.159 e. The summed E-state index contributed by atoms with van der Waals surface area (Å²) in [4.78, 5) is 0. The first-order valence-electron chi connectivity index (χ1n) is 2.35. The molecular weight excluding hydrogens is 140 g/mol. The molecule has 0 saturated heterocycles. The quantitative estimate of drug-likeness (QED) is 0.593. The van der Waals surface area contributed by atoms with Gasteiger partial charge in [-0.25, -0.2) is 0 Å². The molecule has 1 heterocycles. The fourth-order valence-corrected chi connectivity index (χ4v) is 0.615. The smallest absolute Gasteiger partial charge is 0.159 e. The van der Waals surface area contributed by atoms with Crippen molar-refractivity contribution in [1.82, 2.24) is 10.2 Å². The number of hydrogen-bond acceptors (Lipinski definition) is 3. The fraction of sp³-hybridized carbons (Fsp3) is 0.200. The standard InChI is InChI=1S/C5H5ClN2O/c1-9-5-3-8-7-2-4(5)6/h2-3H,1H3. The average molecular weight is 145 g/mol. The van der Waals surface area contributed by atoms with Gasteiger partial charge in [0, 0.05) is 0 Å². The molecule has 0 aliphatic carbocycles. The predicted molar refractivity (Wildman–Crippen MR) is 33.6 cm³/mol. The van der Waals surface area contributed by atoms with Crippen molar-refractivity contribution < 1.29 is 4.74 Å². The van der Waals surface area contributed by atoms with Gasteiger partial charge in [0.15, 0.2) is 5.75 Å². The Morgan fingerprint density at radius 3 is 2.56 bits per heavy atom. The van der Waals surface area contributed by atoms with Crippen LogP contribution in [0, 0.1) is 0 Å². The van der Waals surface area contributed by atoms with Gasteiger partial charge in [-0.15, -0.1) is 0 Å². The van der Waals surface area contributed by atoms with E-state index in [4.69, 9.17) is 16.3 Å². The molecule has 0 unspecified atom stereocenters. The Balaban J connectivity index is 3.01. The minimum absolute atomic E-state index is 0.479. The van der Waals surface area contributed by atoms with Crippen LogP contribution in [0.25, 0.3) is 0 Å². The third-order valence-corrected chi connectivity index (χ3v) is 1.15. The highest BCUT2D eigenvalue weighted by Gasteiger charge is 1.96. The fourth-order valence-electron chi connectivity index (χ4n) is 0.445. The highest BCUT2D eigenvalue weighted by molar-refractivity contribution is 6.31. The van der Waals surface area contributed by atoms with Gasteiger partial charge in [-0.2, -0.15) is 10.2 Å². The summed E-state index contributed by atoms with van der Waals surface area (Å²) >= 11 is 5.60. The van der Waals surface area contributed by atoms with E-state index in [0.29, 0.717) is 10.8 Å². The number of methoxy groups -OCH3 is 1. The van der Waals surface area contributed by atoms with E-state index in [1.54, 1.807) is 0 Å². The summed E-state index contributed by atoms with van der Waals surface area (Å²) in [6.07, 6.45) is 2.89. The second-order valence-corrected chi connectivity index (χ2v) is 1.81. The molecule has 0 bridgehead atoms. The Morgan fingerprint density at radius 1 is 1.44 bits per heavy atom. The Hall–Kier alpha value is -0.830. The van der Waals surface area contributed by atoms with Crippen LogP contribution in [-0.4, -0.2) is 17.3 Å². The van der Waals surface area contributed by atoms with Crippen molar-refractivity contribution in [1.29, 1.82) is 0 Å². The SMILES string of the molecule is COc1cnncc1Cl. The number of hydrogen-bond donors (Lipinski definition) is 0. The van der Waals surface area contributed by atoms with Gasteiger partial charge in [0.05, 0.1) is 19.5 Å². The largest absolute Gasteiger partial charge is 0.493 e. The molecule has 0 spiro atoms. The molecule has 0 aliphatic heterocycles. The summed E-state index contributed by atoms with van der Waals surface area (Å²) in [5.41, 5.74) is 0. The molecule has 48 valence electrons. The van der Waals surface area contributed by atoms with E-state index in [1.807, 2.05) is 0 Å². The van der Waals surface area contributed by atoms with Gasteiger partial charge >= 0.3 is 0 Å². The second-order valence-electron chi connectivity index (χ2n) is 1.41. The van der Waals surface area contributed by atoms with Crippen LogP contribution in [0.15, 0.2) is 12.4 Å². The lowest BCUT2D eigenvalue weighted by Crippen LogP contribution is -1.86. The van der Waals surface area contributed by atoms with E-state index in [1.165, 1.54) is 19.5 Å². The highest BCUT2D eigenvalue weighted by Crippen LogP contribution is 2.19. The molecule has 1 aromatic rings. The predicted octanol–water partition coefficient (Wildman–Crippen LogP) is 1.14. The van der Waals surface area contributed by atoms with E-state index < -0.39 is 0 Å². The van der Waals surface area contributed by atoms with Gasteiger partial charge in [-0.3, -0.25) is 0 Å². The molecule has 1 rings (SSSR count). The highest BCUT2D eigenvalue weighted by atomic mass is 35.5. The molecule has 1 aromatic heterocycles. The van der Waals surface area contributed by atoms with Crippen LogP contribution in [0.2, 0.25) is 5.02 Å². The second kappa shape index (κ2) is 2.64. The van der Waals surface area contributed by atoms with Gasteiger partial charge < -0.3 is 4.74 Å². The van der Waals surface area contributed by atoms with E-state index in [2.05, 4.69) is 10.2 Å². The van der Waals surface area contributed by atoms with Gasteiger partial charge in [-0.1, -0.05) is 11.6 Å². The van der Waals surface area contributed by atoms with Crippen molar-refractivity contribution in [2.75, 3.05) is 7.11 Å². The molecule has 0 aliphatic rings. The van der Waals surface area contributed by atoms with E-state index in [-0.39, 0.29) is 0 Å². The average Bonchev–Trinajstić information content (AvgIpc) is 1.89. The summed E-state index contributed by atoms with van der Waals surface area (Å²) < 4.78 is 4.81. The van der Waals surface area contributed by atoms with Gasteiger partial charge in [0.1, 0.15) is 5.02 Å². The summed E-state index contributed by atoms with van der Waals surface area (Å²) in [6.45, 7) is 0.